The quantitative estimate of drug-likeness (QED) is 0.928. The zero-order valence-electron chi connectivity index (χ0n) is 12.8. The third-order valence-electron chi connectivity index (χ3n) is 3.24. The number of H-pyrrole nitrogens is 1. The van der Waals surface area contributed by atoms with Crippen LogP contribution in [0.25, 0.3) is 0 Å². The van der Waals surface area contributed by atoms with Gasteiger partial charge in [-0.2, -0.15) is 0 Å². The molecule has 0 aliphatic heterocycles. The monoisotopic (exact) mass is 323 g/mol. The van der Waals surface area contributed by atoms with Gasteiger partial charge in [0.15, 0.2) is 11.5 Å². The number of ether oxygens (including phenoxy) is 2. The normalized spacial score (nSPS) is 11.3. The van der Waals surface area contributed by atoms with E-state index in [1.54, 1.807) is 19.9 Å². The number of methoxy groups -OCH3 is 2. The number of sulfone groups is 1. The minimum absolute atomic E-state index is 0.0254. The molecule has 1 aromatic heterocycles. The summed E-state index contributed by atoms with van der Waals surface area (Å²) < 4.78 is 35.7. The molecule has 2 aromatic rings. The van der Waals surface area contributed by atoms with Gasteiger partial charge in [0.05, 0.1) is 19.1 Å². The maximum absolute atomic E-state index is 12.7. The van der Waals surface area contributed by atoms with Crippen LogP contribution in [0.4, 0.5) is 0 Å². The van der Waals surface area contributed by atoms with Crippen molar-refractivity contribution < 1.29 is 17.9 Å². The molecule has 1 heterocycles. The molecule has 1 N–H and O–H groups in total. The number of hydrogen-bond donors (Lipinski definition) is 1. The highest BCUT2D eigenvalue weighted by molar-refractivity contribution is 7.91. The molecule has 118 valence electrons. The van der Waals surface area contributed by atoms with Crippen molar-refractivity contribution in [2.75, 3.05) is 14.2 Å². The molecule has 22 heavy (non-hydrogen) atoms. The van der Waals surface area contributed by atoms with Crippen LogP contribution >= 0.6 is 0 Å². The average molecular weight is 323 g/mol. The third-order valence-corrected chi connectivity index (χ3v) is 5.16. The zero-order chi connectivity index (χ0) is 16.5. The Hall–Kier alpha value is -2.28. The molecular formula is C15H17NO5S. The number of aromatic nitrogens is 1. The topological polar surface area (TPSA) is 85.5 Å². The Morgan fingerprint density at radius 2 is 1.64 bits per heavy atom. The van der Waals surface area contributed by atoms with Gasteiger partial charge in [0, 0.05) is 11.8 Å². The van der Waals surface area contributed by atoms with Crippen LogP contribution in [-0.2, 0) is 9.84 Å². The highest BCUT2D eigenvalue weighted by atomic mass is 32.2. The van der Waals surface area contributed by atoms with E-state index in [1.165, 1.54) is 32.4 Å². The maximum Gasteiger partial charge on any atom is 0.267 e. The molecule has 0 unspecified atom stereocenters. The molecule has 0 radical (unpaired) electrons. The Labute approximate surface area is 128 Å². The summed E-state index contributed by atoms with van der Waals surface area (Å²) in [6.45, 7) is 3.29. The lowest BCUT2D eigenvalue weighted by Crippen LogP contribution is -2.20. The van der Waals surface area contributed by atoms with Crippen LogP contribution in [0.15, 0.2) is 38.9 Å². The lowest BCUT2D eigenvalue weighted by atomic mass is 10.2. The Morgan fingerprint density at radius 3 is 2.18 bits per heavy atom. The van der Waals surface area contributed by atoms with Crippen molar-refractivity contribution in [1.82, 2.24) is 4.98 Å². The van der Waals surface area contributed by atoms with Gasteiger partial charge in [-0.25, -0.2) is 8.42 Å². The lowest BCUT2D eigenvalue weighted by Gasteiger charge is -2.11. The summed E-state index contributed by atoms with van der Waals surface area (Å²) in [5.74, 6) is 0.695. The molecule has 0 saturated carbocycles. The number of rotatable bonds is 4. The van der Waals surface area contributed by atoms with E-state index >= 15 is 0 Å². The van der Waals surface area contributed by atoms with Crippen LogP contribution in [0.3, 0.4) is 0 Å². The van der Waals surface area contributed by atoms with Crippen LogP contribution < -0.4 is 15.0 Å². The first-order valence-electron chi connectivity index (χ1n) is 6.49. The van der Waals surface area contributed by atoms with Crippen LogP contribution in [0, 0.1) is 13.8 Å². The minimum Gasteiger partial charge on any atom is -0.493 e. The van der Waals surface area contributed by atoms with Crippen molar-refractivity contribution in [3.8, 4) is 11.5 Å². The van der Waals surface area contributed by atoms with Crippen LogP contribution in [-0.4, -0.2) is 27.6 Å². The van der Waals surface area contributed by atoms with Gasteiger partial charge in [0.2, 0.25) is 9.84 Å². The Kier molecular flexibility index (Phi) is 4.27. The van der Waals surface area contributed by atoms with Gasteiger partial charge in [0.1, 0.15) is 4.90 Å². The molecule has 0 spiro atoms. The fourth-order valence-corrected chi connectivity index (χ4v) is 3.80. The molecule has 0 fully saturated rings. The molecule has 7 heteroatoms. The molecule has 0 aliphatic carbocycles. The Balaban J connectivity index is 2.69. The lowest BCUT2D eigenvalue weighted by molar-refractivity contribution is 0.354. The second kappa shape index (κ2) is 5.84. The summed E-state index contributed by atoms with van der Waals surface area (Å²) in [7, 11) is -1.08. The van der Waals surface area contributed by atoms with Crippen molar-refractivity contribution in [2.24, 2.45) is 0 Å². The average Bonchev–Trinajstić information content (AvgIpc) is 2.44. The van der Waals surface area contributed by atoms with E-state index in [2.05, 4.69) is 4.98 Å². The molecule has 0 aliphatic rings. The van der Waals surface area contributed by atoms with E-state index in [4.69, 9.17) is 9.47 Å². The standard InChI is InChI=1S/C15H17NO5S/c1-9-7-10(2)16-15(17)14(9)22(18,19)11-5-6-12(20-3)13(8-11)21-4/h5-8H,1-4H3,(H,16,17). The van der Waals surface area contributed by atoms with Crippen molar-refractivity contribution in [2.45, 2.75) is 23.6 Å². The number of nitrogens with one attached hydrogen (secondary N) is 1. The number of aryl methyl sites for hydroxylation is 2. The molecular weight excluding hydrogens is 306 g/mol. The largest absolute Gasteiger partial charge is 0.493 e. The number of pyridine rings is 1. The van der Waals surface area contributed by atoms with E-state index in [1.807, 2.05) is 0 Å². The van der Waals surface area contributed by atoms with E-state index in [0.717, 1.165) is 0 Å². The van der Waals surface area contributed by atoms with Gasteiger partial charge < -0.3 is 14.5 Å². The number of hydrogen-bond acceptors (Lipinski definition) is 5. The van der Waals surface area contributed by atoms with Crippen molar-refractivity contribution >= 4 is 9.84 Å². The Morgan fingerprint density at radius 1 is 1.00 bits per heavy atom. The van der Waals surface area contributed by atoms with Gasteiger partial charge >= 0.3 is 0 Å². The van der Waals surface area contributed by atoms with E-state index in [0.29, 0.717) is 17.0 Å². The molecule has 0 saturated heterocycles. The fraction of sp³-hybridized carbons (Fsp3) is 0.267. The maximum atomic E-state index is 12.7. The van der Waals surface area contributed by atoms with E-state index in [-0.39, 0.29) is 15.5 Å². The highest BCUT2D eigenvalue weighted by Crippen LogP contribution is 2.31. The summed E-state index contributed by atoms with van der Waals surface area (Å²) in [4.78, 5) is 14.3. The van der Waals surface area contributed by atoms with Gasteiger partial charge in [-0.05, 0) is 37.6 Å². The van der Waals surface area contributed by atoms with Gasteiger partial charge in [-0.3, -0.25) is 4.79 Å². The van der Waals surface area contributed by atoms with Gasteiger partial charge in [-0.15, -0.1) is 0 Å². The summed E-state index contributed by atoms with van der Waals surface area (Å²) in [5.41, 5.74) is 0.372. The first kappa shape index (κ1) is 16.1. The number of aromatic amines is 1. The fourth-order valence-electron chi connectivity index (χ4n) is 2.28. The van der Waals surface area contributed by atoms with Crippen molar-refractivity contribution in [3.63, 3.8) is 0 Å². The Bertz CT molecular complexity index is 868. The van der Waals surface area contributed by atoms with Gasteiger partial charge in [-0.1, -0.05) is 0 Å². The predicted molar refractivity (Wildman–Crippen MR) is 81.5 cm³/mol. The molecule has 2 rings (SSSR count). The van der Waals surface area contributed by atoms with E-state index < -0.39 is 15.4 Å². The molecule has 6 nitrogen and oxygen atoms in total. The van der Waals surface area contributed by atoms with E-state index in [9.17, 15) is 13.2 Å². The van der Waals surface area contributed by atoms with Crippen molar-refractivity contribution in [1.29, 1.82) is 0 Å². The summed E-state index contributed by atoms with van der Waals surface area (Å²) in [6.07, 6.45) is 0. The summed E-state index contributed by atoms with van der Waals surface area (Å²) in [5, 5.41) is 0. The highest BCUT2D eigenvalue weighted by Gasteiger charge is 2.25. The minimum atomic E-state index is -3.95. The smallest absolute Gasteiger partial charge is 0.267 e. The molecule has 1 aromatic carbocycles. The summed E-state index contributed by atoms with van der Waals surface area (Å²) in [6, 6.07) is 5.83. The second-order valence-electron chi connectivity index (χ2n) is 4.81. The van der Waals surface area contributed by atoms with Crippen LogP contribution in [0.5, 0.6) is 11.5 Å². The molecule has 0 bridgehead atoms. The predicted octanol–water partition coefficient (Wildman–Crippen LogP) is 1.84. The first-order chi connectivity index (χ1) is 10.3. The third kappa shape index (κ3) is 2.71. The molecule has 0 atom stereocenters. The SMILES string of the molecule is COc1ccc(S(=O)(=O)c2c(C)cc(C)[nH]c2=O)cc1OC. The zero-order valence-corrected chi connectivity index (χ0v) is 13.6. The van der Waals surface area contributed by atoms with Crippen LogP contribution in [0.2, 0.25) is 0 Å². The first-order valence-corrected chi connectivity index (χ1v) is 7.97. The van der Waals surface area contributed by atoms with Gasteiger partial charge in [0.25, 0.3) is 5.56 Å². The van der Waals surface area contributed by atoms with Crippen molar-refractivity contribution in [3.05, 3.63) is 45.9 Å². The summed E-state index contributed by atoms with van der Waals surface area (Å²) >= 11 is 0. The second-order valence-corrected chi connectivity index (χ2v) is 6.70. The van der Waals surface area contributed by atoms with Crippen LogP contribution in [0.1, 0.15) is 11.3 Å². The number of benzene rings is 1. The molecule has 0 amide bonds.